The van der Waals surface area contributed by atoms with Gasteiger partial charge in [0.05, 0.1) is 21.5 Å². The van der Waals surface area contributed by atoms with Crippen LogP contribution in [0.5, 0.6) is 11.5 Å². The van der Waals surface area contributed by atoms with Gasteiger partial charge in [0.2, 0.25) is 6.79 Å². The number of likely N-dealkylation sites (tertiary alicyclic amines) is 1. The monoisotopic (exact) mass is 479 g/mol. The van der Waals surface area contributed by atoms with E-state index in [1.165, 1.54) is 23.5 Å². The smallest absolute Gasteiger partial charge is 0.274 e. The number of amides is 2. The first-order valence-corrected chi connectivity index (χ1v) is 12.0. The van der Waals surface area contributed by atoms with Crippen molar-refractivity contribution in [3.8, 4) is 21.9 Å². The number of halogens is 1. The minimum atomic E-state index is -0.354. The standard InChI is InChI=1S/C25H22FN3O4S/c1-13-28-21(23(34-13)14-4-2-5-16(26)8-14)25(31)29-17(9-15-10-19(15)29)11-27-24(30)18-6-3-7-20-22(18)33-12-32-20/h2-8,15,17,19H,9-12H2,1H3,(H,27,30)/t15?,17?,19-/m0/s1. The number of piperidine rings is 1. The highest BCUT2D eigenvalue weighted by atomic mass is 32.1. The Balaban J connectivity index is 1.22. The van der Waals surface area contributed by atoms with Crippen LogP contribution in [0.4, 0.5) is 4.39 Å². The van der Waals surface area contributed by atoms with E-state index in [9.17, 15) is 14.0 Å². The second kappa shape index (κ2) is 8.09. The summed E-state index contributed by atoms with van der Waals surface area (Å²) in [7, 11) is 0. The second-order valence-electron chi connectivity index (χ2n) is 8.84. The van der Waals surface area contributed by atoms with E-state index in [1.807, 2.05) is 11.8 Å². The van der Waals surface area contributed by atoms with Gasteiger partial charge in [-0.05, 0) is 55.5 Å². The molecule has 3 aliphatic rings. The first-order valence-electron chi connectivity index (χ1n) is 11.2. The third-order valence-corrected chi connectivity index (χ3v) is 7.63. The number of aryl methyl sites for hydroxylation is 1. The molecule has 0 spiro atoms. The normalized spacial score (nSPS) is 21.9. The number of fused-ring (bicyclic) bond motifs is 2. The number of nitrogens with zero attached hydrogens (tertiary/aromatic N) is 2. The Labute approximate surface area is 199 Å². The lowest BCUT2D eigenvalue weighted by molar-refractivity contribution is 0.0684. The summed E-state index contributed by atoms with van der Waals surface area (Å²) >= 11 is 1.39. The van der Waals surface area contributed by atoms with Crippen molar-refractivity contribution in [1.82, 2.24) is 15.2 Å². The maximum Gasteiger partial charge on any atom is 0.274 e. The lowest BCUT2D eigenvalue weighted by Crippen LogP contribution is -2.45. The number of para-hydroxylation sites is 1. The molecule has 34 heavy (non-hydrogen) atoms. The number of hydrogen-bond acceptors (Lipinski definition) is 6. The molecule has 3 heterocycles. The lowest BCUT2D eigenvalue weighted by atomic mass is 10.1. The van der Waals surface area contributed by atoms with Crippen molar-refractivity contribution in [1.29, 1.82) is 0 Å². The Morgan fingerprint density at radius 3 is 2.91 bits per heavy atom. The van der Waals surface area contributed by atoms with Crippen LogP contribution in [0, 0.1) is 18.7 Å². The van der Waals surface area contributed by atoms with Gasteiger partial charge < -0.3 is 19.7 Å². The fourth-order valence-electron chi connectivity index (χ4n) is 4.99. The van der Waals surface area contributed by atoms with E-state index in [1.54, 1.807) is 30.3 Å². The molecule has 1 saturated carbocycles. The maximum absolute atomic E-state index is 13.9. The Bertz CT molecular complexity index is 1310. The molecule has 1 aromatic heterocycles. The molecular weight excluding hydrogens is 457 g/mol. The molecule has 7 nitrogen and oxygen atoms in total. The molecule has 6 rings (SSSR count). The lowest BCUT2D eigenvalue weighted by Gasteiger charge is -2.27. The van der Waals surface area contributed by atoms with Crippen molar-refractivity contribution in [3.63, 3.8) is 0 Å². The number of benzene rings is 2. The Morgan fingerprint density at radius 2 is 2.06 bits per heavy atom. The van der Waals surface area contributed by atoms with E-state index in [4.69, 9.17) is 9.47 Å². The molecule has 3 atom stereocenters. The van der Waals surface area contributed by atoms with E-state index in [2.05, 4.69) is 10.3 Å². The fraction of sp³-hybridized carbons (Fsp3) is 0.320. The van der Waals surface area contributed by atoms with Crippen molar-refractivity contribution in [2.45, 2.75) is 31.8 Å². The molecule has 174 valence electrons. The largest absolute Gasteiger partial charge is 0.454 e. The number of carbonyl (C=O) groups excluding carboxylic acids is 2. The predicted octanol–water partition coefficient (Wildman–Crippen LogP) is 4.02. The van der Waals surface area contributed by atoms with Gasteiger partial charge in [0.25, 0.3) is 11.8 Å². The molecule has 1 N–H and O–H groups in total. The first-order chi connectivity index (χ1) is 16.5. The van der Waals surface area contributed by atoms with Crippen LogP contribution in [-0.2, 0) is 0 Å². The van der Waals surface area contributed by atoms with Crippen LogP contribution in [0.3, 0.4) is 0 Å². The summed E-state index contributed by atoms with van der Waals surface area (Å²) in [4.78, 5) is 33.6. The molecule has 2 fully saturated rings. The number of nitrogens with one attached hydrogen (secondary N) is 1. The highest BCUT2D eigenvalue weighted by Crippen LogP contribution is 2.49. The van der Waals surface area contributed by atoms with Gasteiger partial charge in [0.1, 0.15) is 11.5 Å². The minimum Gasteiger partial charge on any atom is -0.454 e. The van der Waals surface area contributed by atoms with Crippen LogP contribution >= 0.6 is 11.3 Å². The van der Waals surface area contributed by atoms with Gasteiger partial charge in [0, 0.05) is 12.6 Å². The fourth-order valence-corrected chi connectivity index (χ4v) is 5.90. The van der Waals surface area contributed by atoms with E-state index in [0.29, 0.717) is 45.7 Å². The highest BCUT2D eigenvalue weighted by Gasteiger charge is 2.54. The number of hydrogen-bond donors (Lipinski definition) is 1. The topological polar surface area (TPSA) is 80.8 Å². The van der Waals surface area contributed by atoms with Gasteiger partial charge in [-0.3, -0.25) is 9.59 Å². The summed E-state index contributed by atoms with van der Waals surface area (Å²) in [6.07, 6.45) is 1.80. The van der Waals surface area contributed by atoms with Gasteiger partial charge in [-0.2, -0.15) is 0 Å². The zero-order chi connectivity index (χ0) is 23.4. The average Bonchev–Trinajstić information content (AvgIpc) is 3.18. The minimum absolute atomic E-state index is 0.0919. The molecule has 0 radical (unpaired) electrons. The van der Waals surface area contributed by atoms with Gasteiger partial charge in [-0.1, -0.05) is 18.2 Å². The summed E-state index contributed by atoms with van der Waals surface area (Å²) in [5.41, 5.74) is 1.41. The predicted molar refractivity (Wildman–Crippen MR) is 124 cm³/mol. The zero-order valence-electron chi connectivity index (χ0n) is 18.4. The van der Waals surface area contributed by atoms with Crippen LogP contribution in [0.15, 0.2) is 42.5 Å². The summed E-state index contributed by atoms with van der Waals surface area (Å²) < 4.78 is 24.7. The molecule has 1 saturated heterocycles. The van der Waals surface area contributed by atoms with E-state index < -0.39 is 0 Å². The number of thiazole rings is 1. The SMILES string of the molecule is Cc1nc(C(=O)N2C(CNC(=O)c3cccc4c3OCO4)CC3C[C@@H]32)c(-c2cccc(F)c2)s1. The summed E-state index contributed by atoms with van der Waals surface area (Å²) in [5, 5.41) is 3.72. The third kappa shape index (κ3) is 3.60. The molecular formula is C25H22FN3O4S. The number of ether oxygens (including phenoxy) is 2. The third-order valence-electron chi connectivity index (χ3n) is 6.61. The Kier molecular flexibility index (Phi) is 5.02. The number of rotatable bonds is 5. The van der Waals surface area contributed by atoms with E-state index >= 15 is 0 Å². The molecule has 0 bridgehead atoms. The van der Waals surface area contributed by atoms with Crippen LogP contribution in [-0.4, -0.2) is 47.1 Å². The molecule has 3 aromatic rings. The number of aromatic nitrogens is 1. The van der Waals surface area contributed by atoms with Gasteiger partial charge in [0.15, 0.2) is 11.5 Å². The van der Waals surface area contributed by atoms with E-state index in [-0.39, 0.29) is 36.5 Å². The molecule has 2 amide bonds. The zero-order valence-corrected chi connectivity index (χ0v) is 19.2. The van der Waals surface area contributed by atoms with Crippen molar-refractivity contribution >= 4 is 23.2 Å². The molecule has 2 unspecified atom stereocenters. The number of carbonyl (C=O) groups is 2. The molecule has 9 heteroatoms. The van der Waals surface area contributed by atoms with Crippen molar-refractivity contribution < 1.29 is 23.5 Å². The van der Waals surface area contributed by atoms with Gasteiger partial charge >= 0.3 is 0 Å². The van der Waals surface area contributed by atoms with Crippen molar-refractivity contribution in [2.24, 2.45) is 5.92 Å². The maximum atomic E-state index is 13.9. The average molecular weight is 480 g/mol. The van der Waals surface area contributed by atoms with Crippen molar-refractivity contribution in [2.75, 3.05) is 13.3 Å². The first kappa shape index (κ1) is 21.1. The van der Waals surface area contributed by atoms with Crippen LogP contribution in [0.2, 0.25) is 0 Å². The highest BCUT2D eigenvalue weighted by molar-refractivity contribution is 7.15. The summed E-state index contributed by atoms with van der Waals surface area (Å²) in [6.45, 7) is 2.27. The van der Waals surface area contributed by atoms with Gasteiger partial charge in [-0.25, -0.2) is 9.37 Å². The summed E-state index contributed by atoms with van der Waals surface area (Å²) in [5.74, 6) is 0.661. The Hall–Kier alpha value is -3.46. The molecule has 2 aliphatic heterocycles. The summed E-state index contributed by atoms with van der Waals surface area (Å²) in [6, 6.07) is 11.5. The van der Waals surface area contributed by atoms with Crippen LogP contribution in [0.25, 0.3) is 10.4 Å². The molecule has 1 aliphatic carbocycles. The van der Waals surface area contributed by atoms with Gasteiger partial charge in [-0.15, -0.1) is 11.3 Å². The molecule has 2 aromatic carbocycles. The van der Waals surface area contributed by atoms with E-state index in [0.717, 1.165) is 17.8 Å². The van der Waals surface area contributed by atoms with Crippen molar-refractivity contribution in [3.05, 3.63) is 64.5 Å². The Morgan fingerprint density at radius 1 is 1.21 bits per heavy atom. The quantitative estimate of drug-likeness (QED) is 0.598. The van der Waals surface area contributed by atoms with Crippen LogP contribution < -0.4 is 14.8 Å². The van der Waals surface area contributed by atoms with Crippen LogP contribution in [0.1, 0.15) is 38.7 Å². The second-order valence-corrected chi connectivity index (χ2v) is 10.0.